The van der Waals surface area contributed by atoms with Crippen molar-refractivity contribution in [1.29, 1.82) is 0 Å². The quantitative estimate of drug-likeness (QED) is 0.726. The maximum atomic E-state index is 6.01. The van der Waals surface area contributed by atoms with Crippen molar-refractivity contribution in [2.75, 3.05) is 0 Å². The first-order chi connectivity index (χ1) is 8.63. The first-order valence-corrected chi connectivity index (χ1v) is 7.17. The van der Waals surface area contributed by atoms with Crippen LogP contribution in [-0.4, -0.2) is 9.55 Å². The van der Waals surface area contributed by atoms with Crippen molar-refractivity contribution in [1.82, 2.24) is 9.55 Å². The molecule has 0 aliphatic carbocycles. The molecule has 0 fully saturated rings. The molecule has 0 unspecified atom stereocenters. The van der Waals surface area contributed by atoms with Crippen molar-refractivity contribution in [2.45, 2.75) is 46.0 Å². The van der Waals surface area contributed by atoms with E-state index < -0.39 is 0 Å². The molecule has 2 nitrogen and oxygen atoms in total. The number of hydrogen-bond acceptors (Lipinski definition) is 1. The minimum Gasteiger partial charge on any atom is -0.327 e. The molecular weight excluding hydrogens is 244 g/mol. The molecule has 98 valence electrons. The zero-order chi connectivity index (χ0) is 13.1. The molecule has 3 heteroatoms. The van der Waals surface area contributed by atoms with E-state index in [2.05, 4.69) is 48.5 Å². The Morgan fingerprint density at radius 1 is 1.33 bits per heavy atom. The highest BCUT2D eigenvalue weighted by Crippen LogP contribution is 2.22. The Bertz CT molecular complexity index is 529. The average molecular weight is 265 g/mol. The highest BCUT2D eigenvalue weighted by molar-refractivity contribution is 6.16. The normalized spacial score (nSPS) is 11.6. The van der Waals surface area contributed by atoms with Crippen LogP contribution < -0.4 is 0 Å². The molecule has 1 aromatic heterocycles. The van der Waals surface area contributed by atoms with E-state index in [0.29, 0.717) is 5.88 Å². The fourth-order valence-corrected chi connectivity index (χ4v) is 2.62. The molecule has 1 heterocycles. The summed E-state index contributed by atoms with van der Waals surface area (Å²) in [5.74, 6) is 2.22. The molecule has 18 heavy (non-hydrogen) atoms. The Balaban J connectivity index is 2.34. The summed E-state index contributed by atoms with van der Waals surface area (Å²) in [6.45, 7) is 7.68. The number of alkyl halides is 1. The molecule has 0 radical (unpaired) electrons. The molecule has 0 aliphatic heterocycles. The van der Waals surface area contributed by atoms with Gasteiger partial charge in [0, 0.05) is 6.54 Å². The molecule has 0 amide bonds. The summed E-state index contributed by atoms with van der Waals surface area (Å²) in [7, 11) is 0. The second-order valence-corrected chi connectivity index (χ2v) is 5.56. The monoisotopic (exact) mass is 264 g/mol. The van der Waals surface area contributed by atoms with Crippen LogP contribution in [-0.2, 0) is 12.4 Å². The number of benzene rings is 1. The number of halogens is 1. The molecule has 0 saturated heterocycles. The van der Waals surface area contributed by atoms with Crippen molar-refractivity contribution >= 4 is 22.6 Å². The first kappa shape index (κ1) is 13.4. The molecule has 2 aromatic rings. The van der Waals surface area contributed by atoms with Gasteiger partial charge < -0.3 is 4.57 Å². The summed E-state index contributed by atoms with van der Waals surface area (Å²) < 4.78 is 2.29. The van der Waals surface area contributed by atoms with Gasteiger partial charge in [0.15, 0.2) is 0 Å². The zero-order valence-corrected chi connectivity index (χ0v) is 12.2. The van der Waals surface area contributed by atoms with E-state index in [1.807, 2.05) is 0 Å². The lowest BCUT2D eigenvalue weighted by Crippen LogP contribution is -2.04. The summed E-state index contributed by atoms with van der Waals surface area (Å²) in [6.07, 6.45) is 2.43. The maximum absolute atomic E-state index is 6.01. The summed E-state index contributed by atoms with van der Waals surface area (Å²) in [4.78, 5) is 4.62. The number of hydrogen-bond donors (Lipinski definition) is 0. The first-order valence-electron chi connectivity index (χ1n) is 6.64. The Morgan fingerprint density at radius 3 is 2.78 bits per heavy atom. The predicted molar refractivity (Wildman–Crippen MR) is 78.1 cm³/mol. The van der Waals surface area contributed by atoms with Crippen LogP contribution >= 0.6 is 11.6 Å². The number of imidazole rings is 1. The van der Waals surface area contributed by atoms with Crippen LogP contribution in [0.1, 0.15) is 38.1 Å². The lowest BCUT2D eigenvalue weighted by atomic mass is 10.1. The summed E-state index contributed by atoms with van der Waals surface area (Å²) in [6, 6.07) is 6.26. The van der Waals surface area contributed by atoms with E-state index in [1.54, 1.807) is 0 Å². The largest absolute Gasteiger partial charge is 0.327 e. The smallest absolute Gasteiger partial charge is 0.124 e. The topological polar surface area (TPSA) is 17.8 Å². The number of aromatic nitrogens is 2. The molecular formula is C15H21ClN2. The number of fused-ring (bicyclic) bond motifs is 1. The van der Waals surface area contributed by atoms with Crippen molar-refractivity contribution in [3.63, 3.8) is 0 Å². The van der Waals surface area contributed by atoms with Gasteiger partial charge in [0.1, 0.15) is 5.82 Å². The van der Waals surface area contributed by atoms with Crippen molar-refractivity contribution in [3.05, 3.63) is 29.6 Å². The van der Waals surface area contributed by atoms with Crippen LogP contribution in [0.5, 0.6) is 0 Å². The highest BCUT2D eigenvalue weighted by Gasteiger charge is 2.11. The third kappa shape index (κ3) is 2.69. The minimum absolute atomic E-state index is 0.482. The minimum atomic E-state index is 0.482. The Hall–Kier alpha value is -1.02. The summed E-state index contributed by atoms with van der Waals surface area (Å²) >= 11 is 6.01. The van der Waals surface area contributed by atoms with Gasteiger partial charge in [-0.1, -0.05) is 26.0 Å². The third-order valence-corrected chi connectivity index (χ3v) is 3.57. The second-order valence-electron chi connectivity index (χ2n) is 5.29. The summed E-state index contributed by atoms with van der Waals surface area (Å²) in [5, 5.41) is 0. The number of rotatable bonds is 5. The highest BCUT2D eigenvalue weighted by atomic mass is 35.5. The number of para-hydroxylation sites is 1. The number of aryl methyl sites for hydroxylation is 2. The van der Waals surface area contributed by atoms with E-state index in [-0.39, 0.29) is 0 Å². The molecule has 0 saturated carbocycles. The van der Waals surface area contributed by atoms with Gasteiger partial charge in [0.05, 0.1) is 16.9 Å². The Kier molecular flexibility index (Phi) is 4.28. The van der Waals surface area contributed by atoms with Crippen LogP contribution in [0.25, 0.3) is 11.0 Å². The van der Waals surface area contributed by atoms with E-state index in [4.69, 9.17) is 11.6 Å². The predicted octanol–water partition coefficient (Wildman–Crippen LogP) is 4.52. The van der Waals surface area contributed by atoms with Gasteiger partial charge in [-0.05, 0) is 37.3 Å². The van der Waals surface area contributed by atoms with E-state index in [1.165, 1.54) is 23.9 Å². The van der Waals surface area contributed by atoms with Crippen LogP contribution in [0.4, 0.5) is 0 Å². The van der Waals surface area contributed by atoms with Crippen molar-refractivity contribution in [2.24, 2.45) is 5.92 Å². The zero-order valence-electron chi connectivity index (χ0n) is 11.4. The van der Waals surface area contributed by atoms with E-state index in [9.17, 15) is 0 Å². The van der Waals surface area contributed by atoms with Crippen LogP contribution in [0.2, 0.25) is 0 Å². The van der Waals surface area contributed by atoms with Crippen LogP contribution in [0.3, 0.4) is 0 Å². The van der Waals surface area contributed by atoms with Gasteiger partial charge in [-0.3, -0.25) is 0 Å². The van der Waals surface area contributed by atoms with E-state index in [0.717, 1.165) is 23.8 Å². The summed E-state index contributed by atoms with van der Waals surface area (Å²) in [5.41, 5.74) is 3.59. The van der Waals surface area contributed by atoms with E-state index >= 15 is 0 Å². The van der Waals surface area contributed by atoms with Crippen LogP contribution in [0.15, 0.2) is 18.2 Å². The molecule has 0 spiro atoms. The molecule has 1 aromatic carbocycles. The van der Waals surface area contributed by atoms with Crippen LogP contribution in [0, 0.1) is 12.8 Å². The third-order valence-electron chi connectivity index (χ3n) is 3.33. The molecule has 0 aliphatic rings. The fourth-order valence-electron chi connectivity index (χ4n) is 2.41. The fraction of sp³-hybridized carbons (Fsp3) is 0.533. The lowest BCUT2D eigenvalue weighted by molar-refractivity contribution is 0.511. The van der Waals surface area contributed by atoms with Gasteiger partial charge in [-0.25, -0.2) is 4.98 Å². The lowest BCUT2D eigenvalue weighted by Gasteiger charge is -2.10. The average Bonchev–Trinajstić information content (AvgIpc) is 2.68. The molecule has 0 N–H and O–H groups in total. The Labute approximate surface area is 114 Å². The van der Waals surface area contributed by atoms with Gasteiger partial charge >= 0.3 is 0 Å². The van der Waals surface area contributed by atoms with Gasteiger partial charge in [0.25, 0.3) is 0 Å². The van der Waals surface area contributed by atoms with Gasteiger partial charge in [-0.15, -0.1) is 11.6 Å². The molecule has 0 atom stereocenters. The standard InChI is InChI=1S/C15H21ClN2/c1-11(2)6-5-9-18-14(10-16)17-13-8-4-7-12(3)15(13)18/h4,7-8,11H,5-6,9-10H2,1-3H3. The van der Waals surface area contributed by atoms with Gasteiger partial charge in [-0.2, -0.15) is 0 Å². The number of nitrogens with zero attached hydrogens (tertiary/aromatic N) is 2. The van der Waals surface area contributed by atoms with Gasteiger partial charge in [0.2, 0.25) is 0 Å². The maximum Gasteiger partial charge on any atom is 0.124 e. The molecule has 2 rings (SSSR count). The second kappa shape index (κ2) is 5.75. The SMILES string of the molecule is Cc1cccc2nc(CCl)n(CCCC(C)C)c12. The Morgan fingerprint density at radius 2 is 2.11 bits per heavy atom. The van der Waals surface area contributed by atoms with Crippen molar-refractivity contribution < 1.29 is 0 Å². The van der Waals surface area contributed by atoms with Crippen molar-refractivity contribution in [3.8, 4) is 0 Å². The molecule has 0 bridgehead atoms.